The third-order valence-electron chi connectivity index (χ3n) is 5.55. The van der Waals surface area contributed by atoms with Gasteiger partial charge in [-0.3, -0.25) is 0 Å². The number of aromatic nitrogens is 2. The first kappa shape index (κ1) is 18.2. The molecule has 0 amide bonds. The Morgan fingerprint density at radius 2 is 1.93 bits per heavy atom. The van der Waals surface area contributed by atoms with Gasteiger partial charge in [-0.25, -0.2) is 4.98 Å². The van der Waals surface area contributed by atoms with Crippen molar-refractivity contribution in [1.29, 1.82) is 0 Å². The van der Waals surface area contributed by atoms with Crippen molar-refractivity contribution in [3.05, 3.63) is 46.6 Å². The van der Waals surface area contributed by atoms with Crippen LogP contribution < -0.4 is 10.6 Å². The molecule has 4 rings (SSSR count). The predicted octanol–water partition coefficient (Wildman–Crippen LogP) is 3.15. The molecule has 2 fully saturated rings. The van der Waals surface area contributed by atoms with Crippen molar-refractivity contribution in [3.8, 4) is 0 Å². The lowest BCUT2D eigenvalue weighted by molar-refractivity contribution is 0.134. The molecule has 2 aliphatic rings. The monoisotopic (exact) mass is 368 g/mol. The van der Waals surface area contributed by atoms with Crippen LogP contribution in [0.25, 0.3) is 0 Å². The summed E-state index contributed by atoms with van der Waals surface area (Å²) in [5, 5.41) is 0. The van der Waals surface area contributed by atoms with Crippen molar-refractivity contribution in [2.75, 3.05) is 43.6 Å². The lowest BCUT2D eigenvalue weighted by Gasteiger charge is -2.32. The van der Waals surface area contributed by atoms with E-state index in [0.29, 0.717) is 18.5 Å². The highest BCUT2D eigenvalue weighted by molar-refractivity contribution is 5.48. The van der Waals surface area contributed by atoms with Crippen LogP contribution in [-0.4, -0.2) is 42.9 Å². The van der Waals surface area contributed by atoms with Crippen LogP contribution in [0.3, 0.4) is 0 Å². The van der Waals surface area contributed by atoms with Crippen molar-refractivity contribution in [2.24, 2.45) is 0 Å². The second-order valence-corrected chi connectivity index (χ2v) is 7.54. The Labute approximate surface area is 160 Å². The van der Waals surface area contributed by atoms with Crippen molar-refractivity contribution >= 4 is 11.8 Å². The number of anilines is 2. The molecule has 2 atom stereocenters. The molecule has 6 heteroatoms. The first-order valence-corrected chi connectivity index (χ1v) is 9.75. The minimum absolute atomic E-state index is 0.120. The molecule has 2 aliphatic heterocycles. The Morgan fingerprint density at radius 3 is 2.67 bits per heavy atom. The molecule has 0 saturated carbocycles. The van der Waals surface area contributed by atoms with Crippen LogP contribution in [0.15, 0.2) is 24.3 Å². The van der Waals surface area contributed by atoms with E-state index in [1.807, 2.05) is 13.0 Å². The number of nitrogens with zero attached hydrogens (tertiary/aromatic N) is 3. The molecule has 0 aliphatic carbocycles. The van der Waals surface area contributed by atoms with Crippen molar-refractivity contribution < 1.29 is 9.47 Å². The maximum absolute atomic E-state index is 5.92. The van der Waals surface area contributed by atoms with Gasteiger partial charge in [0.15, 0.2) is 0 Å². The van der Waals surface area contributed by atoms with Gasteiger partial charge in [-0.15, -0.1) is 0 Å². The summed E-state index contributed by atoms with van der Waals surface area (Å²) in [6, 6.07) is 8.96. The van der Waals surface area contributed by atoms with Crippen LogP contribution >= 0.6 is 0 Å². The van der Waals surface area contributed by atoms with Gasteiger partial charge in [0.05, 0.1) is 19.3 Å². The molecule has 1 aromatic carbocycles. The zero-order valence-corrected chi connectivity index (χ0v) is 16.1. The van der Waals surface area contributed by atoms with Crippen LogP contribution in [0.5, 0.6) is 0 Å². The standard InChI is InChI=1S/C21H28N4O2/c1-14-10-16(17-6-9-27-12-17)4-5-18(14)19-13-26-8-3-7-25(19)20-11-15(2)23-21(22)24-20/h4-5,10-11,17,19H,3,6-9,12-13H2,1-2H3,(H2,22,23,24). The number of hydrogen-bond acceptors (Lipinski definition) is 6. The number of nitrogen functional groups attached to an aromatic ring is 1. The maximum atomic E-state index is 5.92. The van der Waals surface area contributed by atoms with Crippen LogP contribution in [0.4, 0.5) is 11.8 Å². The van der Waals surface area contributed by atoms with Gasteiger partial charge < -0.3 is 20.1 Å². The van der Waals surface area contributed by atoms with Crippen molar-refractivity contribution in [3.63, 3.8) is 0 Å². The van der Waals surface area contributed by atoms with Crippen LogP contribution in [-0.2, 0) is 9.47 Å². The van der Waals surface area contributed by atoms with Gasteiger partial charge >= 0.3 is 0 Å². The number of nitrogens with two attached hydrogens (primary N) is 1. The molecule has 0 spiro atoms. The van der Waals surface area contributed by atoms with Crippen molar-refractivity contribution in [2.45, 2.75) is 38.6 Å². The zero-order chi connectivity index (χ0) is 18.8. The Hall–Kier alpha value is -2.18. The second kappa shape index (κ2) is 7.82. The van der Waals surface area contributed by atoms with Crippen LogP contribution in [0.1, 0.15) is 47.2 Å². The molecule has 27 heavy (non-hydrogen) atoms. The topological polar surface area (TPSA) is 73.5 Å². The van der Waals surface area contributed by atoms with E-state index >= 15 is 0 Å². The van der Waals surface area contributed by atoms with Crippen molar-refractivity contribution in [1.82, 2.24) is 9.97 Å². The minimum atomic E-state index is 0.120. The lowest BCUT2D eigenvalue weighted by Crippen LogP contribution is -2.32. The lowest BCUT2D eigenvalue weighted by atomic mass is 9.92. The Bertz CT molecular complexity index is 785. The fourth-order valence-electron chi connectivity index (χ4n) is 4.16. The summed E-state index contributed by atoms with van der Waals surface area (Å²) in [6.07, 6.45) is 2.08. The molecule has 3 heterocycles. The summed E-state index contributed by atoms with van der Waals surface area (Å²) in [5.41, 5.74) is 10.7. The highest BCUT2D eigenvalue weighted by atomic mass is 16.5. The highest BCUT2D eigenvalue weighted by Crippen LogP contribution is 2.33. The molecule has 6 nitrogen and oxygen atoms in total. The molecule has 2 N–H and O–H groups in total. The van der Waals surface area contributed by atoms with Gasteiger partial charge in [0.2, 0.25) is 5.95 Å². The molecule has 0 radical (unpaired) electrons. The van der Waals surface area contributed by atoms with E-state index in [4.69, 9.17) is 15.2 Å². The molecule has 2 aromatic rings. The van der Waals surface area contributed by atoms with Gasteiger partial charge in [0.25, 0.3) is 0 Å². The molecular formula is C21H28N4O2. The summed E-state index contributed by atoms with van der Waals surface area (Å²) in [5.74, 6) is 1.72. The molecular weight excluding hydrogens is 340 g/mol. The van der Waals surface area contributed by atoms with E-state index in [1.165, 1.54) is 16.7 Å². The summed E-state index contributed by atoms with van der Waals surface area (Å²) in [6.45, 7) is 8.14. The summed E-state index contributed by atoms with van der Waals surface area (Å²) in [7, 11) is 0. The third kappa shape index (κ3) is 3.92. The Kier molecular flexibility index (Phi) is 5.27. The third-order valence-corrected chi connectivity index (χ3v) is 5.55. The van der Waals surface area contributed by atoms with E-state index in [1.54, 1.807) is 0 Å². The molecule has 144 valence electrons. The smallest absolute Gasteiger partial charge is 0.222 e. The molecule has 1 aromatic heterocycles. The molecule has 0 bridgehead atoms. The van der Waals surface area contributed by atoms with Gasteiger partial charge in [-0.1, -0.05) is 18.2 Å². The van der Waals surface area contributed by atoms with Gasteiger partial charge in [-0.2, -0.15) is 4.98 Å². The van der Waals surface area contributed by atoms with E-state index in [2.05, 4.69) is 40.0 Å². The largest absolute Gasteiger partial charge is 0.381 e. The van der Waals surface area contributed by atoms with E-state index in [-0.39, 0.29) is 6.04 Å². The number of aryl methyl sites for hydroxylation is 2. The molecule has 2 saturated heterocycles. The average molecular weight is 368 g/mol. The SMILES string of the molecule is Cc1cc(N2CCCOCC2c2ccc(C3CCOC3)cc2C)nc(N)n1. The first-order chi connectivity index (χ1) is 13.1. The van der Waals surface area contributed by atoms with Crippen LogP contribution in [0.2, 0.25) is 0 Å². The minimum Gasteiger partial charge on any atom is -0.381 e. The maximum Gasteiger partial charge on any atom is 0.222 e. The van der Waals surface area contributed by atoms with Crippen LogP contribution in [0, 0.1) is 13.8 Å². The number of ether oxygens (including phenoxy) is 2. The highest BCUT2D eigenvalue weighted by Gasteiger charge is 2.27. The number of rotatable bonds is 3. The van der Waals surface area contributed by atoms with E-state index < -0.39 is 0 Å². The average Bonchev–Trinajstić information content (AvgIpc) is 3.06. The summed E-state index contributed by atoms with van der Waals surface area (Å²) >= 11 is 0. The summed E-state index contributed by atoms with van der Waals surface area (Å²) < 4.78 is 11.5. The fourth-order valence-corrected chi connectivity index (χ4v) is 4.16. The molecule has 2 unspecified atom stereocenters. The quantitative estimate of drug-likeness (QED) is 0.897. The van der Waals surface area contributed by atoms with Gasteiger partial charge in [0.1, 0.15) is 5.82 Å². The Balaban J connectivity index is 1.68. The summed E-state index contributed by atoms with van der Waals surface area (Å²) in [4.78, 5) is 11.0. The second-order valence-electron chi connectivity index (χ2n) is 7.54. The Morgan fingerprint density at radius 1 is 1.07 bits per heavy atom. The van der Waals surface area contributed by atoms with E-state index in [0.717, 1.165) is 50.7 Å². The van der Waals surface area contributed by atoms with Gasteiger partial charge in [-0.05, 0) is 43.4 Å². The van der Waals surface area contributed by atoms with E-state index in [9.17, 15) is 0 Å². The fraction of sp³-hybridized carbons (Fsp3) is 0.524. The normalized spacial score (nSPS) is 23.4. The number of hydrogen-bond donors (Lipinski definition) is 1. The first-order valence-electron chi connectivity index (χ1n) is 9.75. The predicted molar refractivity (Wildman–Crippen MR) is 106 cm³/mol. The zero-order valence-electron chi connectivity index (χ0n) is 16.1. The number of benzene rings is 1. The van der Waals surface area contributed by atoms with Gasteiger partial charge in [0, 0.05) is 37.4 Å².